The number of amides is 2. The van der Waals surface area contributed by atoms with Gasteiger partial charge in [0.05, 0.1) is 13.1 Å². The van der Waals surface area contributed by atoms with Crippen LogP contribution in [0.15, 0.2) is 54.6 Å². The molecule has 0 atom stereocenters. The van der Waals surface area contributed by atoms with Crippen molar-refractivity contribution in [1.29, 1.82) is 0 Å². The van der Waals surface area contributed by atoms with Crippen molar-refractivity contribution in [2.24, 2.45) is 5.73 Å². The molecule has 25 heavy (non-hydrogen) atoms. The van der Waals surface area contributed by atoms with Crippen LogP contribution in [-0.2, 0) is 22.4 Å². The number of aryl methyl sites for hydroxylation is 2. The lowest BCUT2D eigenvalue weighted by Gasteiger charge is -2.08. The predicted molar refractivity (Wildman–Crippen MR) is 103 cm³/mol. The second-order valence-corrected chi connectivity index (χ2v) is 5.57. The summed E-state index contributed by atoms with van der Waals surface area (Å²) < 4.78 is 0. The van der Waals surface area contributed by atoms with Crippen LogP contribution in [0.3, 0.4) is 0 Å². The number of hydrogen-bond donors (Lipinski definition) is 3. The lowest BCUT2D eigenvalue weighted by molar-refractivity contribution is -0.123. The van der Waals surface area contributed by atoms with Crippen LogP contribution < -0.4 is 16.4 Å². The van der Waals surface area contributed by atoms with Crippen LogP contribution in [-0.4, -0.2) is 24.9 Å². The summed E-state index contributed by atoms with van der Waals surface area (Å²) in [6.07, 6.45) is 3.03. The van der Waals surface area contributed by atoms with Crippen LogP contribution in [0.2, 0.25) is 0 Å². The Morgan fingerprint density at radius 1 is 0.880 bits per heavy atom. The molecule has 2 rings (SSSR count). The van der Waals surface area contributed by atoms with Gasteiger partial charge in [-0.15, -0.1) is 12.4 Å². The molecule has 0 fully saturated rings. The van der Waals surface area contributed by atoms with Crippen molar-refractivity contribution in [3.63, 3.8) is 0 Å². The van der Waals surface area contributed by atoms with Crippen molar-refractivity contribution in [2.75, 3.05) is 18.4 Å². The second kappa shape index (κ2) is 11.2. The minimum Gasteiger partial charge on any atom is -0.346 e. The van der Waals surface area contributed by atoms with Gasteiger partial charge in [-0.2, -0.15) is 0 Å². The van der Waals surface area contributed by atoms with E-state index in [9.17, 15) is 9.59 Å². The molecule has 0 aliphatic carbocycles. The Bertz CT molecular complexity index is 677. The van der Waals surface area contributed by atoms with E-state index in [2.05, 4.69) is 41.0 Å². The zero-order chi connectivity index (χ0) is 17.2. The fourth-order valence-corrected chi connectivity index (χ4v) is 2.40. The second-order valence-electron chi connectivity index (χ2n) is 5.57. The number of benzene rings is 2. The average molecular weight is 362 g/mol. The zero-order valence-corrected chi connectivity index (χ0v) is 14.9. The maximum atomic E-state index is 11.8. The van der Waals surface area contributed by atoms with Gasteiger partial charge in [-0.25, -0.2) is 0 Å². The average Bonchev–Trinajstić information content (AvgIpc) is 2.61. The molecule has 0 heterocycles. The van der Waals surface area contributed by atoms with Gasteiger partial charge in [-0.1, -0.05) is 42.5 Å². The molecule has 0 saturated carbocycles. The van der Waals surface area contributed by atoms with E-state index < -0.39 is 0 Å². The van der Waals surface area contributed by atoms with Gasteiger partial charge in [0.2, 0.25) is 11.8 Å². The summed E-state index contributed by atoms with van der Waals surface area (Å²) in [6, 6.07) is 18.2. The van der Waals surface area contributed by atoms with Gasteiger partial charge < -0.3 is 16.4 Å². The van der Waals surface area contributed by atoms with Crippen molar-refractivity contribution >= 4 is 29.9 Å². The first-order valence-electron chi connectivity index (χ1n) is 8.07. The molecule has 2 aromatic rings. The van der Waals surface area contributed by atoms with Gasteiger partial charge >= 0.3 is 0 Å². The molecule has 0 unspecified atom stereocenters. The summed E-state index contributed by atoms with van der Waals surface area (Å²) >= 11 is 0. The Hall–Kier alpha value is -2.37. The normalized spacial score (nSPS) is 9.80. The minimum absolute atomic E-state index is 0. The van der Waals surface area contributed by atoms with Crippen LogP contribution in [0.5, 0.6) is 0 Å². The Morgan fingerprint density at radius 2 is 1.56 bits per heavy atom. The smallest absolute Gasteiger partial charge is 0.243 e. The topological polar surface area (TPSA) is 84.2 Å². The van der Waals surface area contributed by atoms with Crippen molar-refractivity contribution in [3.8, 4) is 0 Å². The summed E-state index contributed by atoms with van der Waals surface area (Å²) in [7, 11) is 0. The van der Waals surface area contributed by atoms with E-state index in [0.717, 1.165) is 24.9 Å². The van der Waals surface area contributed by atoms with E-state index >= 15 is 0 Å². The third-order valence-electron chi connectivity index (χ3n) is 3.62. The van der Waals surface area contributed by atoms with E-state index in [0.29, 0.717) is 0 Å². The number of anilines is 1. The Balaban J connectivity index is 0.00000312. The van der Waals surface area contributed by atoms with E-state index in [-0.39, 0.29) is 37.3 Å². The number of carbonyl (C=O) groups excluding carboxylic acids is 2. The summed E-state index contributed by atoms with van der Waals surface area (Å²) in [6.45, 7) is -0.196. The lowest BCUT2D eigenvalue weighted by Crippen LogP contribution is -2.36. The van der Waals surface area contributed by atoms with Gasteiger partial charge in [0.1, 0.15) is 0 Å². The lowest BCUT2D eigenvalue weighted by atomic mass is 10.0. The number of carbonyl (C=O) groups is 2. The number of hydrogen-bond acceptors (Lipinski definition) is 3. The van der Waals surface area contributed by atoms with E-state index in [1.54, 1.807) is 0 Å². The summed E-state index contributed by atoms with van der Waals surface area (Å²) in [4.78, 5) is 22.8. The van der Waals surface area contributed by atoms with E-state index in [1.165, 1.54) is 11.1 Å². The van der Waals surface area contributed by atoms with Crippen molar-refractivity contribution in [2.45, 2.75) is 19.3 Å². The van der Waals surface area contributed by atoms with Crippen LogP contribution >= 0.6 is 12.4 Å². The maximum Gasteiger partial charge on any atom is 0.243 e. The van der Waals surface area contributed by atoms with E-state index in [4.69, 9.17) is 5.73 Å². The number of nitrogens with one attached hydrogen (secondary N) is 2. The number of halogens is 1. The maximum absolute atomic E-state index is 11.8. The molecule has 0 aliphatic heterocycles. The third-order valence-corrected chi connectivity index (χ3v) is 3.62. The minimum atomic E-state index is -0.347. The molecule has 5 nitrogen and oxygen atoms in total. The highest BCUT2D eigenvalue weighted by molar-refractivity contribution is 5.94. The highest BCUT2D eigenvalue weighted by Gasteiger charge is 2.05. The molecular formula is C19H24ClN3O2. The van der Waals surface area contributed by atoms with Gasteiger partial charge in [0.25, 0.3) is 0 Å². The van der Waals surface area contributed by atoms with Crippen LogP contribution in [0.1, 0.15) is 17.5 Å². The molecule has 2 aromatic carbocycles. The molecule has 4 N–H and O–H groups in total. The van der Waals surface area contributed by atoms with Crippen molar-refractivity contribution in [1.82, 2.24) is 5.32 Å². The van der Waals surface area contributed by atoms with Gasteiger partial charge in [-0.3, -0.25) is 9.59 Å². The standard InChI is InChI=1S/C19H23N3O2.ClH/c20-13-18(23)21-14-19(24)22-17-11-5-10-16(12-17)9-4-8-15-6-2-1-3-7-15;/h1-3,5-7,10-12H,4,8-9,13-14,20H2,(H,21,23)(H,22,24);1H. The Labute approximate surface area is 154 Å². The monoisotopic (exact) mass is 361 g/mol. The molecule has 0 radical (unpaired) electrons. The fraction of sp³-hybridized carbons (Fsp3) is 0.263. The zero-order valence-electron chi connectivity index (χ0n) is 14.0. The van der Waals surface area contributed by atoms with Crippen LogP contribution in [0.25, 0.3) is 0 Å². The Morgan fingerprint density at radius 3 is 2.28 bits per heavy atom. The molecule has 0 aliphatic rings. The van der Waals surface area contributed by atoms with Crippen LogP contribution in [0.4, 0.5) is 5.69 Å². The third kappa shape index (κ3) is 7.83. The van der Waals surface area contributed by atoms with E-state index in [1.807, 2.05) is 24.3 Å². The molecule has 2 amide bonds. The first kappa shape index (κ1) is 20.7. The van der Waals surface area contributed by atoms with Crippen LogP contribution in [0, 0.1) is 0 Å². The molecular weight excluding hydrogens is 338 g/mol. The predicted octanol–water partition coefficient (Wildman–Crippen LogP) is 2.30. The Kier molecular flexibility index (Phi) is 9.29. The summed E-state index contributed by atoms with van der Waals surface area (Å²) in [5, 5.41) is 5.22. The molecule has 0 saturated heterocycles. The number of rotatable bonds is 8. The molecule has 134 valence electrons. The highest BCUT2D eigenvalue weighted by Crippen LogP contribution is 2.13. The number of nitrogens with two attached hydrogens (primary N) is 1. The molecule has 0 aromatic heterocycles. The summed E-state index contributed by atoms with van der Waals surface area (Å²) in [5.41, 5.74) is 8.42. The van der Waals surface area contributed by atoms with Crippen molar-refractivity contribution in [3.05, 3.63) is 65.7 Å². The first-order chi connectivity index (χ1) is 11.7. The highest BCUT2D eigenvalue weighted by atomic mass is 35.5. The largest absolute Gasteiger partial charge is 0.346 e. The fourth-order valence-electron chi connectivity index (χ4n) is 2.40. The SMILES string of the molecule is Cl.NCC(=O)NCC(=O)Nc1cccc(CCCc2ccccc2)c1. The van der Waals surface area contributed by atoms with Gasteiger partial charge in [-0.05, 0) is 42.5 Å². The quantitative estimate of drug-likeness (QED) is 0.674. The molecule has 6 heteroatoms. The molecule has 0 bridgehead atoms. The van der Waals surface area contributed by atoms with Gasteiger partial charge in [0, 0.05) is 5.69 Å². The van der Waals surface area contributed by atoms with Crippen molar-refractivity contribution < 1.29 is 9.59 Å². The molecule has 0 spiro atoms. The summed E-state index contributed by atoms with van der Waals surface area (Å²) in [5.74, 6) is -0.613. The van der Waals surface area contributed by atoms with Gasteiger partial charge in [0.15, 0.2) is 0 Å². The first-order valence-corrected chi connectivity index (χ1v) is 8.07.